The normalized spacial score (nSPS) is 20.6. The van der Waals surface area contributed by atoms with Crippen molar-refractivity contribution in [3.8, 4) is 0 Å². The van der Waals surface area contributed by atoms with Crippen LogP contribution in [-0.2, 0) is 30.0 Å². The van der Waals surface area contributed by atoms with Crippen LogP contribution in [0.2, 0.25) is 0 Å². The van der Waals surface area contributed by atoms with Crippen LogP contribution < -0.4 is 10.4 Å². The molecule has 0 bridgehead atoms. The summed E-state index contributed by atoms with van der Waals surface area (Å²) >= 11 is 0. The molecular formula is C23H36BFN2O6S. The van der Waals surface area contributed by atoms with Gasteiger partial charge in [0.05, 0.1) is 11.2 Å². The standard InChI is InChI=1S/C23H36BFN2O6S/c1-16-17(15-34(25,29)30)13-18(14-19(16)24-32-22(5,6)23(7,8)33-24)26-9-11-27(12-10-26)20(28)31-21(2,3)4/h13-14H,9-12,15H2,1-8H3. The highest BCUT2D eigenvalue weighted by atomic mass is 32.3. The Morgan fingerprint density at radius 3 is 2.09 bits per heavy atom. The van der Waals surface area contributed by atoms with E-state index in [0.29, 0.717) is 42.8 Å². The predicted octanol–water partition coefficient (Wildman–Crippen LogP) is 3.15. The molecule has 2 aliphatic heterocycles. The number of amides is 1. The number of halogens is 1. The topological polar surface area (TPSA) is 85.4 Å². The van der Waals surface area contributed by atoms with Gasteiger partial charge in [-0.15, -0.1) is 3.89 Å². The highest BCUT2D eigenvalue weighted by Crippen LogP contribution is 2.37. The van der Waals surface area contributed by atoms with E-state index in [-0.39, 0.29) is 6.09 Å². The third kappa shape index (κ3) is 6.04. The lowest BCUT2D eigenvalue weighted by Crippen LogP contribution is -2.50. The van der Waals surface area contributed by atoms with Gasteiger partial charge in [-0.1, -0.05) is 0 Å². The van der Waals surface area contributed by atoms with Crippen molar-refractivity contribution in [2.24, 2.45) is 0 Å². The molecule has 34 heavy (non-hydrogen) atoms. The molecule has 1 amide bonds. The minimum absolute atomic E-state index is 0.360. The Morgan fingerprint density at radius 1 is 1.09 bits per heavy atom. The van der Waals surface area contributed by atoms with Gasteiger partial charge in [-0.25, -0.2) is 4.79 Å². The summed E-state index contributed by atoms with van der Waals surface area (Å²) in [5.41, 5.74) is 0.657. The number of carbonyl (C=O) groups excluding carboxylic acids is 1. The highest BCUT2D eigenvalue weighted by Gasteiger charge is 2.52. The Labute approximate surface area is 203 Å². The van der Waals surface area contributed by atoms with Crippen LogP contribution in [0.4, 0.5) is 14.4 Å². The van der Waals surface area contributed by atoms with E-state index in [2.05, 4.69) is 0 Å². The zero-order chi connectivity index (χ0) is 25.7. The maximum Gasteiger partial charge on any atom is 0.495 e. The van der Waals surface area contributed by atoms with Gasteiger partial charge in [0.25, 0.3) is 0 Å². The summed E-state index contributed by atoms with van der Waals surface area (Å²) in [6, 6.07) is 3.61. The molecular weight excluding hydrogens is 462 g/mol. The second-order valence-electron chi connectivity index (χ2n) is 11.0. The van der Waals surface area contributed by atoms with Gasteiger partial charge < -0.3 is 23.8 Å². The molecule has 0 radical (unpaired) electrons. The lowest BCUT2D eigenvalue weighted by atomic mass is 9.74. The predicted molar refractivity (Wildman–Crippen MR) is 131 cm³/mol. The fourth-order valence-corrected chi connectivity index (χ4v) is 4.66. The summed E-state index contributed by atoms with van der Waals surface area (Å²) in [7, 11) is -5.45. The molecule has 2 heterocycles. The molecule has 11 heteroatoms. The van der Waals surface area contributed by atoms with Crippen LogP contribution in [0.1, 0.15) is 59.6 Å². The van der Waals surface area contributed by atoms with Crippen molar-refractivity contribution in [2.75, 3.05) is 31.1 Å². The summed E-state index contributed by atoms with van der Waals surface area (Å²) in [5, 5.41) is 0. The quantitative estimate of drug-likeness (QED) is 0.466. The molecule has 0 aromatic heterocycles. The van der Waals surface area contributed by atoms with Crippen LogP contribution in [0.25, 0.3) is 0 Å². The number of piperazine rings is 1. The second kappa shape index (κ2) is 8.98. The molecule has 2 fully saturated rings. The van der Waals surface area contributed by atoms with Crippen molar-refractivity contribution in [3.63, 3.8) is 0 Å². The van der Waals surface area contributed by atoms with Crippen LogP contribution in [0, 0.1) is 6.92 Å². The van der Waals surface area contributed by atoms with Crippen LogP contribution in [0.3, 0.4) is 0 Å². The number of hydrogen-bond donors (Lipinski definition) is 0. The average Bonchev–Trinajstić information content (AvgIpc) is 2.88. The number of anilines is 1. The van der Waals surface area contributed by atoms with Crippen LogP contribution in [0.5, 0.6) is 0 Å². The zero-order valence-corrected chi connectivity index (χ0v) is 22.2. The molecule has 3 rings (SSSR count). The van der Waals surface area contributed by atoms with Crippen molar-refractivity contribution >= 4 is 34.6 Å². The van der Waals surface area contributed by atoms with Gasteiger partial charge in [-0.05, 0) is 84.1 Å². The molecule has 0 aliphatic carbocycles. The SMILES string of the molecule is Cc1c(CS(=O)(=O)F)cc(N2CCN(C(=O)OC(C)(C)C)CC2)cc1B1OC(C)(C)C(C)(C)O1. The van der Waals surface area contributed by atoms with E-state index in [9.17, 15) is 17.1 Å². The first-order chi connectivity index (χ1) is 15.4. The summed E-state index contributed by atoms with van der Waals surface area (Å²) in [6.07, 6.45) is -0.363. The Hall–Kier alpha value is -1.85. The fourth-order valence-electron chi connectivity index (χ4n) is 3.99. The Bertz CT molecular complexity index is 1030. The smallest absolute Gasteiger partial charge is 0.444 e. The number of hydrogen-bond acceptors (Lipinski definition) is 7. The van der Waals surface area contributed by atoms with E-state index >= 15 is 0 Å². The summed E-state index contributed by atoms with van der Waals surface area (Å²) in [5.74, 6) is -0.725. The Balaban J connectivity index is 1.89. The van der Waals surface area contributed by atoms with E-state index in [1.165, 1.54) is 0 Å². The molecule has 2 saturated heterocycles. The molecule has 2 aliphatic rings. The molecule has 0 N–H and O–H groups in total. The van der Waals surface area contributed by atoms with Crippen LogP contribution in [0.15, 0.2) is 12.1 Å². The molecule has 0 atom stereocenters. The van der Waals surface area contributed by atoms with Crippen molar-refractivity contribution < 1.29 is 31.1 Å². The molecule has 0 saturated carbocycles. The monoisotopic (exact) mass is 498 g/mol. The number of ether oxygens (including phenoxy) is 1. The summed E-state index contributed by atoms with van der Waals surface area (Å²) < 4.78 is 54.6. The van der Waals surface area contributed by atoms with E-state index in [1.807, 2.05) is 59.4 Å². The van der Waals surface area contributed by atoms with Gasteiger partial charge in [-0.3, -0.25) is 0 Å². The second-order valence-corrected chi connectivity index (χ2v) is 12.4. The van der Waals surface area contributed by atoms with Crippen molar-refractivity contribution in [3.05, 3.63) is 23.3 Å². The third-order valence-corrected chi connectivity index (χ3v) is 7.33. The number of rotatable bonds is 4. The zero-order valence-electron chi connectivity index (χ0n) is 21.4. The molecule has 0 spiro atoms. The first kappa shape index (κ1) is 26.8. The van der Waals surface area contributed by atoms with Gasteiger partial charge in [0, 0.05) is 31.9 Å². The van der Waals surface area contributed by atoms with Crippen LogP contribution >= 0.6 is 0 Å². The summed E-state index contributed by atoms with van der Waals surface area (Å²) in [6.45, 7) is 16.9. The summed E-state index contributed by atoms with van der Waals surface area (Å²) in [4.78, 5) is 16.1. The third-order valence-electron chi connectivity index (χ3n) is 6.67. The van der Waals surface area contributed by atoms with Crippen molar-refractivity contribution in [2.45, 2.75) is 77.9 Å². The lowest BCUT2D eigenvalue weighted by Gasteiger charge is -2.37. The van der Waals surface area contributed by atoms with Gasteiger partial charge >= 0.3 is 23.4 Å². The van der Waals surface area contributed by atoms with Crippen molar-refractivity contribution in [1.82, 2.24) is 4.90 Å². The first-order valence-electron chi connectivity index (χ1n) is 11.5. The van der Waals surface area contributed by atoms with Gasteiger partial charge in [0.1, 0.15) is 11.4 Å². The van der Waals surface area contributed by atoms with Crippen molar-refractivity contribution in [1.29, 1.82) is 0 Å². The maximum absolute atomic E-state index is 13.7. The molecule has 8 nitrogen and oxygen atoms in total. The Morgan fingerprint density at radius 2 is 1.62 bits per heavy atom. The van der Waals surface area contributed by atoms with E-state index in [4.69, 9.17) is 14.0 Å². The van der Waals surface area contributed by atoms with Crippen LogP contribution in [-0.4, -0.2) is 69.5 Å². The Kier molecular flexibility index (Phi) is 7.07. The number of nitrogens with zero attached hydrogens (tertiary/aromatic N) is 2. The largest absolute Gasteiger partial charge is 0.495 e. The fraction of sp³-hybridized carbons (Fsp3) is 0.696. The first-order valence-corrected chi connectivity index (χ1v) is 13.1. The lowest BCUT2D eigenvalue weighted by molar-refractivity contribution is 0.00578. The molecule has 0 unspecified atom stereocenters. The average molecular weight is 498 g/mol. The maximum atomic E-state index is 13.7. The van der Waals surface area contributed by atoms with E-state index in [0.717, 1.165) is 5.69 Å². The highest BCUT2D eigenvalue weighted by molar-refractivity contribution is 7.85. The van der Waals surface area contributed by atoms with Gasteiger partial charge in [0.15, 0.2) is 0 Å². The molecule has 1 aromatic carbocycles. The number of carbonyl (C=O) groups is 1. The van der Waals surface area contributed by atoms with Gasteiger partial charge in [-0.2, -0.15) is 8.42 Å². The van der Waals surface area contributed by atoms with Gasteiger partial charge in [0.2, 0.25) is 0 Å². The minimum Gasteiger partial charge on any atom is -0.444 e. The molecule has 190 valence electrons. The molecule has 1 aromatic rings. The van der Waals surface area contributed by atoms with E-state index < -0.39 is 39.9 Å². The minimum atomic E-state index is -4.74. The number of benzene rings is 1. The van der Waals surface area contributed by atoms with E-state index in [1.54, 1.807) is 17.9 Å².